The number of rotatable bonds is 5. The summed E-state index contributed by atoms with van der Waals surface area (Å²) in [6.45, 7) is 4.56. The van der Waals surface area contributed by atoms with Crippen LogP contribution in [0.4, 0.5) is 0 Å². The van der Waals surface area contributed by atoms with E-state index in [1.54, 1.807) is 0 Å². The second-order valence-electron chi connectivity index (χ2n) is 2.67. The molecule has 0 bridgehead atoms. The van der Waals surface area contributed by atoms with Gasteiger partial charge >= 0.3 is 0 Å². The molecular weight excluding hydrogens is 220 g/mol. The first-order valence-corrected chi connectivity index (χ1v) is 5.04. The number of hydrogen-bond donors (Lipinski definition) is 1. The molecule has 0 fully saturated rings. The Labute approximate surface area is 92.4 Å². The Morgan fingerprint density at radius 1 is 1.47 bits per heavy atom. The number of H-pyrrole nitrogens is 1. The SMILES string of the molecule is CCOC(OCC)c1nc[nH]c(=O)c1Cl. The fraction of sp³-hybridized carbons (Fsp3) is 0.556. The van der Waals surface area contributed by atoms with E-state index >= 15 is 0 Å². The molecule has 0 radical (unpaired) electrons. The number of nitrogens with zero attached hydrogens (tertiary/aromatic N) is 1. The summed E-state index contributed by atoms with van der Waals surface area (Å²) in [5.74, 6) is 0. The molecule has 0 amide bonds. The molecule has 5 nitrogen and oxygen atoms in total. The predicted molar refractivity (Wildman–Crippen MR) is 55.9 cm³/mol. The van der Waals surface area contributed by atoms with Gasteiger partial charge in [-0.2, -0.15) is 0 Å². The van der Waals surface area contributed by atoms with Crippen molar-refractivity contribution >= 4 is 11.6 Å². The molecule has 0 aliphatic heterocycles. The highest BCUT2D eigenvalue weighted by Gasteiger charge is 2.18. The Hall–Kier alpha value is -0.910. The van der Waals surface area contributed by atoms with Crippen molar-refractivity contribution in [3.8, 4) is 0 Å². The van der Waals surface area contributed by atoms with E-state index in [-0.39, 0.29) is 5.02 Å². The average Bonchev–Trinajstić information content (AvgIpc) is 2.22. The van der Waals surface area contributed by atoms with Gasteiger partial charge in [0.05, 0.1) is 6.33 Å². The zero-order valence-corrected chi connectivity index (χ0v) is 9.37. The average molecular weight is 233 g/mol. The van der Waals surface area contributed by atoms with Crippen LogP contribution in [0.15, 0.2) is 11.1 Å². The van der Waals surface area contributed by atoms with E-state index in [4.69, 9.17) is 21.1 Å². The standard InChI is InChI=1S/C9H13ClN2O3/c1-3-14-9(15-4-2)7-6(10)8(13)12-5-11-7/h5,9H,3-4H2,1-2H3,(H,11,12,13). The van der Waals surface area contributed by atoms with Crippen LogP contribution < -0.4 is 5.56 Å². The van der Waals surface area contributed by atoms with Crippen molar-refractivity contribution in [1.29, 1.82) is 0 Å². The minimum atomic E-state index is -0.685. The van der Waals surface area contributed by atoms with E-state index in [0.717, 1.165) is 0 Å². The minimum absolute atomic E-state index is 0.00407. The maximum atomic E-state index is 11.2. The minimum Gasteiger partial charge on any atom is -0.347 e. The summed E-state index contributed by atoms with van der Waals surface area (Å²) in [7, 11) is 0. The smallest absolute Gasteiger partial charge is 0.269 e. The van der Waals surface area contributed by atoms with Crippen LogP contribution >= 0.6 is 11.6 Å². The third-order valence-corrected chi connectivity index (χ3v) is 2.05. The van der Waals surface area contributed by atoms with Gasteiger partial charge in [0, 0.05) is 13.2 Å². The van der Waals surface area contributed by atoms with Crippen molar-refractivity contribution in [2.45, 2.75) is 20.1 Å². The molecular formula is C9H13ClN2O3. The van der Waals surface area contributed by atoms with Gasteiger partial charge in [-0.15, -0.1) is 0 Å². The van der Waals surface area contributed by atoms with Gasteiger partial charge in [0.2, 0.25) is 6.29 Å². The number of nitrogens with one attached hydrogen (secondary N) is 1. The molecule has 0 saturated carbocycles. The van der Waals surface area contributed by atoms with Crippen LogP contribution in [0.25, 0.3) is 0 Å². The van der Waals surface area contributed by atoms with Crippen LogP contribution in [0, 0.1) is 0 Å². The molecule has 1 aromatic heterocycles. The highest BCUT2D eigenvalue weighted by molar-refractivity contribution is 6.31. The molecule has 0 aliphatic carbocycles. The molecule has 0 unspecified atom stereocenters. The zero-order valence-electron chi connectivity index (χ0n) is 8.62. The van der Waals surface area contributed by atoms with E-state index in [1.807, 2.05) is 13.8 Å². The topological polar surface area (TPSA) is 64.2 Å². The molecule has 1 rings (SSSR count). The van der Waals surface area contributed by atoms with Gasteiger partial charge in [0.15, 0.2) is 0 Å². The fourth-order valence-corrected chi connectivity index (χ4v) is 1.26. The maximum absolute atomic E-state index is 11.2. The van der Waals surface area contributed by atoms with Gasteiger partial charge < -0.3 is 14.5 Å². The molecule has 0 saturated heterocycles. The molecule has 1 N–H and O–H groups in total. The Kier molecular flexibility index (Phi) is 4.74. The molecule has 0 aromatic carbocycles. The van der Waals surface area contributed by atoms with Crippen molar-refractivity contribution in [2.75, 3.05) is 13.2 Å². The van der Waals surface area contributed by atoms with Crippen molar-refractivity contribution in [3.05, 3.63) is 27.4 Å². The largest absolute Gasteiger partial charge is 0.347 e. The lowest BCUT2D eigenvalue weighted by Gasteiger charge is -2.16. The molecule has 15 heavy (non-hydrogen) atoms. The molecule has 0 atom stereocenters. The molecule has 0 aliphatic rings. The highest BCUT2D eigenvalue weighted by atomic mass is 35.5. The third-order valence-electron chi connectivity index (χ3n) is 1.68. The van der Waals surface area contributed by atoms with Crippen LogP contribution in [0.5, 0.6) is 0 Å². The second-order valence-corrected chi connectivity index (χ2v) is 3.05. The van der Waals surface area contributed by atoms with Gasteiger partial charge in [-0.25, -0.2) is 4.98 Å². The van der Waals surface area contributed by atoms with E-state index in [1.165, 1.54) is 6.33 Å². The van der Waals surface area contributed by atoms with Gasteiger partial charge in [-0.1, -0.05) is 11.6 Å². The zero-order chi connectivity index (χ0) is 11.3. The number of ether oxygens (including phenoxy) is 2. The second kappa shape index (κ2) is 5.85. The Morgan fingerprint density at radius 2 is 2.07 bits per heavy atom. The quantitative estimate of drug-likeness (QED) is 0.782. The summed E-state index contributed by atoms with van der Waals surface area (Å²) in [6.07, 6.45) is 0.587. The summed E-state index contributed by atoms with van der Waals surface area (Å²) in [4.78, 5) is 17.5. The first-order chi connectivity index (χ1) is 7.20. The van der Waals surface area contributed by atoms with Gasteiger partial charge in [-0.05, 0) is 13.8 Å². The van der Waals surface area contributed by atoms with Crippen molar-refractivity contribution in [3.63, 3.8) is 0 Å². The summed E-state index contributed by atoms with van der Waals surface area (Å²) in [5.41, 5.74) is -0.0878. The number of aromatic amines is 1. The lowest BCUT2D eigenvalue weighted by Crippen LogP contribution is -2.17. The Morgan fingerprint density at radius 3 is 2.60 bits per heavy atom. The van der Waals surface area contributed by atoms with Crippen LogP contribution in [0.2, 0.25) is 5.02 Å². The molecule has 1 aromatic rings. The monoisotopic (exact) mass is 232 g/mol. The third kappa shape index (κ3) is 3.02. The Balaban J connectivity index is 2.99. The lowest BCUT2D eigenvalue weighted by molar-refractivity contribution is -0.142. The van der Waals surface area contributed by atoms with E-state index in [9.17, 15) is 4.79 Å². The highest BCUT2D eigenvalue weighted by Crippen LogP contribution is 2.21. The lowest BCUT2D eigenvalue weighted by atomic mass is 10.4. The summed E-state index contributed by atoms with van der Waals surface area (Å²) in [6, 6.07) is 0. The van der Waals surface area contributed by atoms with Crippen molar-refractivity contribution < 1.29 is 9.47 Å². The summed E-state index contributed by atoms with van der Waals surface area (Å²) in [5, 5.41) is 0.00407. The molecule has 84 valence electrons. The first-order valence-electron chi connectivity index (χ1n) is 4.67. The van der Waals surface area contributed by atoms with E-state index in [0.29, 0.717) is 18.9 Å². The molecule has 1 heterocycles. The van der Waals surface area contributed by atoms with Crippen molar-refractivity contribution in [1.82, 2.24) is 9.97 Å². The molecule has 6 heteroatoms. The number of hydrogen-bond acceptors (Lipinski definition) is 4. The number of halogens is 1. The fourth-order valence-electron chi connectivity index (χ4n) is 1.07. The summed E-state index contributed by atoms with van der Waals surface area (Å²) < 4.78 is 10.6. The van der Waals surface area contributed by atoms with E-state index in [2.05, 4.69) is 9.97 Å². The normalized spacial score (nSPS) is 10.9. The van der Waals surface area contributed by atoms with Crippen LogP contribution in [0.3, 0.4) is 0 Å². The van der Waals surface area contributed by atoms with Crippen LogP contribution in [-0.4, -0.2) is 23.2 Å². The molecule has 0 spiro atoms. The van der Waals surface area contributed by atoms with Gasteiger partial charge in [0.25, 0.3) is 5.56 Å². The Bertz CT molecular complexity index is 361. The van der Waals surface area contributed by atoms with Gasteiger partial charge in [-0.3, -0.25) is 4.79 Å². The van der Waals surface area contributed by atoms with E-state index < -0.39 is 11.8 Å². The number of aromatic nitrogens is 2. The summed E-state index contributed by atoms with van der Waals surface area (Å²) >= 11 is 5.79. The van der Waals surface area contributed by atoms with Crippen molar-refractivity contribution in [2.24, 2.45) is 0 Å². The van der Waals surface area contributed by atoms with Crippen LogP contribution in [-0.2, 0) is 9.47 Å². The predicted octanol–water partition coefficient (Wildman–Crippen LogP) is 1.49. The maximum Gasteiger partial charge on any atom is 0.269 e. The van der Waals surface area contributed by atoms with Crippen LogP contribution in [0.1, 0.15) is 25.8 Å². The van der Waals surface area contributed by atoms with Gasteiger partial charge in [0.1, 0.15) is 10.7 Å². The first kappa shape index (κ1) is 12.2.